The van der Waals surface area contributed by atoms with Gasteiger partial charge in [0.1, 0.15) is 5.82 Å². The third kappa shape index (κ3) is 1.95. The molecule has 0 amide bonds. The summed E-state index contributed by atoms with van der Waals surface area (Å²) in [7, 11) is 0. The van der Waals surface area contributed by atoms with Crippen LogP contribution in [0.15, 0.2) is 12.1 Å². The van der Waals surface area contributed by atoms with Crippen molar-refractivity contribution in [2.75, 3.05) is 6.61 Å². The lowest BCUT2D eigenvalue weighted by Crippen LogP contribution is -2.02. The lowest BCUT2D eigenvalue weighted by Gasteiger charge is -2.09. The van der Waals surface area contributed by atoms with E-state index in [2.05, 4.69) is 0 Å². The maximum atomic E-state index is 13.0. The van der Waals surface area contributed by atoms with Crippen molar-refractivity contribution >= 4 is 0 Å². The third-order valence-electron chi connectivity index (χ3n) is 1.60. The van der Waals surface area contributed by atoms with E-state index in [0.29, 0.717) is 0 Å². The van der Waals surface area contributed by atoms with E-state index >= 15 is 0 Å². The summed E-state index contributed by atoms with van der Waals surface area (Å²) in [5.41, 5.74) is -0.137. The predicted molar refractivity (Wildman–Crippen MR) is 43.4 cm³/mol. The molecule has 0 saturated heterocycles. The van der Waals surface area contributed by atoms with Crippen molar-refractivity contribution in [2.45, 2.75) is 13.5 Å². The predicted octanol–water partition coefficient (Wildman–Crippen LogP) is 1.86. The molecule has 1 N–H and O–H groups in total. The van der Waals surface area contributed by atoms with Crippen molar-refractivity contribution in [3.8, 4) is 5.75 Å². The first-order valence-electron chi connectivity index (χ1n) is 3.91. The Balaban J connectivity index is 3.18. The second-order valence-corrected chi connectivity index (χ2v) is 2.43. The van der Waals surface area contributed by atoms with Gasteiger partial charge in [-0.05, 0) is 19.1 Å². The highest BCUT2D eigenvalue weighted by Gasteiger charge is 2.13. The molecule has 1 aromatic rings. The molecule has 13 heavy (non-hydrogen) atoms. The topological polar surface area (TPSA) is 29.5 Å². The van der Waals surface area contributed by atoms with E-state index in [9.17, 15) is 8.78 Å². The Morgan fingerprint density at radius 2 is 1.92 bits per heavy atom. The summed E-state index contributed by atoms with van der Waals surface area (Å²) >= 11 is 0. The SMILES string of the molecule is CCOc1c(F)ccc(F)c1CO. The normalized spacial score (nSPS) is 10.2. The minimum absolute atomic E-state index is 0.137. The molecule has 0 heterocycles. The summed E-state index contributed by atoms with van der Waals surface area (Å²) in [6.45, 7) is 1.32. The molecule has 4 heteroatoms. The zero-order chi connectivity index (χ0) is 9.84. The van der Waals surface area contributed by atoms with Gasteiger partial charge in [0.25, 0.3) is 0 Å². The van der Waals surface area contributed by atoms with Crippen LogP contribution in [0.1, 0.15) is 12.5 Å². The largest absolute Gasteiger partial charge is 0.490 e. The van der Waals surface area contributed by atoms with Crippen molar-refractivity contribution in [1.29, 1.82) is 0 Å². The molecule has 0 bridgehead atoms. The lowest BCUT2D eigenvalue weighted by molar-refractivity contribution is 0.254. The number of hydrogen-bond acceptors (Lipinski definition) is 2. The maximum absolute atomic E-state index is 13.0. The van der Waals surface area contributed by atoms with Crippen molar-refractivity contribution in [1.82, 2.24) is 0 Å². The highest BCUT2D eigenvalue weighted by atomic mass is 19.1. The van der Waals surface area contributed by atoms with Gasteiger partial charge in [0.05, 0.1) is 18.8 Å². The van der Waals surface area contributed by atoms with Crippen molar-refractivity contribution in [3.63, 3.8) is 0 Å². The molecule has 0 aliphatic rings. The van der Waals surface area contributed by atoms with Crippen LogP contribution in [0.25, 0.3) is 0 Å². The molecule has 0 spiro atoms. The van der Waals surface area contributed by atoms with Crippen molar-refractivity contribution in [2.24, 2.45) is 0 Å². The van der Waals surface area contributed by atoms with Gasteiger partial charge in [0.15, 0.2) is 11.6 Å². The summed E-state index contributed by atoms with van der Waals surface area (Å²) < 4.78 is 30.8. The van der Waals surface area contributed by atoms with Gasteiger partial charge in [-0.25, -0.2) is 8.78 Å². The minimum Gasteiger partial charge on any atom is -0.490 e. The van der Waals surface area contributed by atoms with Crippen molar-refractivity contribution in [3.05, 3.63) is 29.3 Å². The van der Waals surface area contributed by atoms with E-state index in [1.807, 2.05) is 0 Å². The van der Waals surface area contributed by atoms with Gasteiger partial charge < -0.3 is 9.84 Å². The number of hydrogen-bond donors (Lipinski definition) is 1. The molecule has 0 aliphatic carbocycles. The molecule has 2 nitrogen and oxygen atoms in total. The van der Waals surface area contributed by atoms with Gasteiger partial charge in [0.2, 0.25) is 0 Å². The van der Waals surface area contributed by atoms with Crippen LogP contribution in [-0.4, -0.2) is 11.7 Å². The Kier molecular flexibility index (Phi) is 3.19. The number of aliphatic hydroxyl groups excluding tert-OH is 1. The molecule has 1 aromatic carbocycles. The third-order valence-corrected chi connectivity index (χ3v) is 1.60. The maximum Gasteiger partial charge on any atom is 0.165 e. The first kappa shape index (κ1) is 9.92. The highest BCUT2D eigenvalue weighted by Crippen LogP contribution is 2.25. The first-order chi connectivity index (χ1) is 6.20. The van der Waals surface area contributed by atoms with Gasteiger partial charge >= 0.3 is 0 Å². The monoisotopic (exact) mass is 188 g/mol. The summed E-state index contributed by atoms with van der Waals surface area (Å²) in [5.74, 6) is -1.52. The quantitative estimate of drug-likeness (QED) is 0.784. The van der Waals surface area contributed by atoms with Crippen LogP contribution in [-0.2, 0) is 6.61 Å². The molecule has 0 unspecified atom stereocenters. The highest BCUT2D eigenvalue weighted by molar-refractivity contribution is 5.35. The Morgan fingerprint density at radius 3 is 2.46 bits per heavy atom. The molecule has 0 aliphatic heterocycles. The van der Waals surface area contributed by atoms with Gasteiger partial charge in [-0.1, -0.05) is 0 Å². The average Bonchev–Trinajstić information content (AvgIpc) is 2.12. The second kappa shape index (κ2) is 4.18. The van der Waals surface area contributed by atoms with Crippen LogP contribution in [0.5, 0.6) is 5.75 Å². The number of ether oxygens (including phenoxy) is 1. The smallest absolute Gasteiger partial charge is 0.165 e. The van der Waals surface area contributed by atoms with Crippen LogP contribution >= 0.6 is 0 Å². The number of aliphatic hydroxyl groups is 1. The number of halogens is 2. The zero-order valence-corrected chi connectivity index (χ0v) is 7.18. The van der Waals surface area contributed by atoms with Gasteiger partial charge in [-0.2, -0.15) is 0 Å². The van der Waals surface area contributed by atoms with Gasteiger partial charge in [-0.15, -0.1) is 0 Å². The van der Waals surface area contributed by atoms with Crippen LogP contribution < -0.4 is 4.74 Å². The second-order valence-electron chi connectivity index (χ2n) is 2.43. The number of rotatable bonds is 3. The van der Waals surface area contributed by atoms with E-state index in [4.69, 9.17) is 9.84 Å². The molecule has 0 radical (unpaired) electrons. The zero-order valence-electron chi connectivity index (χ0n) is 7.18. The Hall–Kier alpha value is -1.16. The molecule has 1 rings (SSSR count). The van der Waals surface area contributed by atoms with Crippen LogP contribution in [0.3, 0.4) is 0 Å². The molecular formula is C9H10F2O2. The summed E-state index contributed by atoms with van der Waals surface area (Å²) in [6, 6.07) is 1.93. The van der Waals surface area contributed by atoms with Crippen LogP contribution in [0, 0.1) is 11.6 Å². The Bertz CT molecular complexity index is 300. The average molecular weight is 188 g/mol. The van der Waals surface area contributed by atoms with E-state index < -0.39 is 18.2 Å². The van der Waals surface area contributed by atoms with Gasteiger partial charge in [-0.3, -0.25) is 0 Å². The van der Waals surface area contributed by atoms with Crippen LogP contribution in [0.2, 0.25) is 0 Å². The van der Waals surface area contributed by atoms with E-state index in [-0.39, 0.29) is 17.9 Å². The first-order valence-corrected chi connectivity index (χ1v) is 3.91. The molecule has 0 saturated carbocycles. The summed E-state index contributed by atoms with van der Waals surface area (Å²) in [4.78, 5) is 0. The lowest BCUT2D eigenvalue weighted by atomic mass is 10.2. The van der Waals surface area contributed by atoms with E-state index in [1.165, 1.54) is 0 Å². The molecular weight excluding hydrogens is 178 g/mol. The van der Waals surface area contributed by atoms with E-state index in [0.717, 1.165) is 12.1 Å². The fourth-order valence-electron chi connectivity index (χ4n) is 1.02. The standard InChI is InChI=1S/C9H10F2O2/c1-2-13-9-6(5-12)7(10)3-4-8(9)11/h3-4,12H,2,5H2,1H3. The molecule has 0 fully saturated rings. The van der Waals surface area contributed by atoms with Gasteiger partial charge in [0, 0.05) is 0 Å². The minimum atomic E-state index is -0.660. The number of benzene rings is 1. The summed E-state index contributed by atoms with van der Waals surface area (Å²) in [5, 5.41) is 8.76. The van der Waals surface area contributed by atoms with Crippen molar-refractivity contribution < 1.29 is 18.6 Å². The summed E-state index contributed by atoms with van der Waals surface area (Å²) in [6.07, 6.45) is 0. The molecule has 0 atom stereocenters. The molecule has 0 aromatic heterocycles. The fraction of sp³-hybridized carbons (Fsp3) is 0.333. The van der Waals surface area contributed by atoms with Crippen LogP contribution in [0.4, 0.5) is 8.78 Å². The Morgan fingerprint density at radius 1 is 1.31 bits per heavy atom. The van der Waals surface area contributed by atoms with E-state index in [1.54, 1.807) is 6.92 Å². The molecule has 72 valence electrons. The Labute approximate surface area is 74.8 Å². The fourth-order valence-corrected chi connectivity index (χ4v) is 1.02.